The van der Waals surface area contributed by atoms with E-state index in [1.807, 2.05) is 0 Å². The maximum atomic E-state index is 7.12. The van der Waals surface area contributed by atoms with Crippen molar-refractivity contribution < 1.29 is 17.7 Å². The van der Waals surface area contributed by atoms with Crippen molar-refractivity contribution in [3.8, 4) is 0 Å². The topological polar surface area (TPSA) is 65.5 Å². The van der Waals surface area contributed by atoms with Crippen molar-refractivity contribution in [2.75, 3.05) is 19.6 Å². The minimum Gasteiger partial charge on any atom is -0.454 e. The number of benzene rings is 20. The average molecular weight is 1830 g/mol. The quantitative estimate of drug-likeness (QED) is 0.0497. The summed E-state index contributed by atoms with van der Waals surface area (Å²) in [7, 11) is 0. The van der Waals surface area contributed by atoms with Gasteiger partial charge in [0.05, 0.1) is 45.5 Å². The van der Waals surface area contributed by atoms with E-state index in [9.17, 15) is 0 Å². The van der Waals surface area contributed by atoms with Crippen LogP contribution in [0.25, 0.3) is 152 Å². The largest absolute Gasteiger partial charge is 0.454 e. The first-order chi connectivity index (χ1) is 68.5. The zero-order chi connectivity index (χ0) is 95.3. The molecule has 0 aliphatic carbocycles. The third kappa shape index (κ3) is 15.3. The summed E-state index contributed by atoms with van der Waals surface area (Å²) in [5, 5.41) is 23.7. The van der Waals surface area contributed by atoms with Crippen LogP contribution in [0.15, 0.2) is 357 Å². The third-order valence-electron chi connectivity index (χ3n) is 29.5. The minimum absolute atomic E-state index is 0.0876. The lowest BCUT2D eigenvalue weighted by Gasteiger charge is -2.29. The molecule has 0 saturated carbocycles. The summed E-state index contributed by atoms with van der Waals surface area (Å²) in [6.07, 6.45) is 15.1. The molecule has 8 nitrogen and oxygen atoms in total. The van der Waals surface area contributed by atoms with Gasteiger partial charge in [-0.25, -0.2) is 0 Å². The lowest BCUT2D eigenvalue weighted by atomic mass is 9.86. The van der Waals surface area contributed by atoms with E-state index >= 15 is 0 Å². The molecule has 0 saturated heterocycles. The standard InChI is InChI=1S/2C66H60N2O2/c1-9-15-41-25-33-45(34-26-41)67(57-23-13-19-49-47-17-11-21-53(65(3,4)5)61(47)69-63(49)57)55-39-31-43-30-38-52-56(40-32-44-29-37-51(55)59(43)60(44)52)68(46-35-27-42(16-10-2)28-36-46)58-24-14-20-50-48-18-12-22-54(66(6,7)8)62(48)70-64(50)58;1-5-9-17-47-19-11-21-51-53-23-13-25-59(65(53)69-63(47)51)67(49-35-27-43(15-7-3)28-36-49)57-41-33-45-32-40-56-58(42-34-46-31-39-55(57)61(45)62(46)56)68(50-37-29-44(16-8-4)30-38-50)60-26-14-24-54-52-22-12-20-48(18-10-6-2)64(52)70-66(54)60/h11-14,17-40H,9-10,15-16H2,1-8H3;11-14,19-42H,5-10,15-18H2,1-4H3. The predicted molar refractivity (Wildman–Crippen MR) is 599 cm³/mol. The number of rotatable bonds is 26. The Morgan fingerprint density at radius 2 is 0.407 bits per heavy atom. The van der Waals surface area contributed by atoms with E-state index in [1.54, 1.807) is 0 Å². The zero-order valence-electron chi connectivity index (χ0n) is 82.7. The second-order valence-electron chi connectivity index (χ2n) is 40.9. The molecule has 24 rings (SSSR count). The van der Waals surface area contributed by atoms with Gasteiger partial charge in [0.25, 0.3) is 0 Å². The fraction of sp³-hybridized carbons (Fsp3) is 0.212. The second-order valence-corrected chi connectivity index (χ2v) is 40.9. The molecular formula is C132H120N4O4. The van der Waals surface area contributed by atoms with Crippen LogP contribution in [0.5, 0.6) is 0 Å². The van der Waals surface area contributed by atoms with Crippen molar-refractivity contribution in [2.24, 2.45) is 0 Å². The molecule has 8 heteroatoms. The van der Waals surface area contributed by atoms with E-state index in [1.165, 1.54) is 120 Å². The molecule has 0 atom stereocenters. The van der Waals surface area contributed by atoms with Crippen molar-refractivity contribution in [2.45, 2.75) is 184 Å². The maximum absolute atomic E-state index is 7.12. The fourth-order valence-electron chi connectivity index (χ4n) is 22.7. The molecule has 0 aliphatic heterocycles. The Labute approximate surface area is 820 Å². The van der Waals surface area contributed by atoms with Crippen molar-refractivity contribution in [1.82, 2.24) is 0 Å². The molecule has 4 aromatic heterocycles. The molecule has 0 amide bonds. The smallest absolute Gasteiger partial charge is 0.159 e. The van der Waals surface area contributed by atoms with Crippen molar-refractivity contribution >= 4 is 221 Å². The van der Waals surface area contributed by atoms with Gasteiger partial charge in [0.1, 0.15) is 22.3 Å². The molecule has 0 aliphatic rings. The van der Waals surface area contributed by atoms with E-state index < -0.39 is 0 Å². The lowest BCUT2D eigenvalue weighted by molar-refractivity contribution is 0.572. The number of nitrogens with zero attached hydrogens (tertiary/aromatic N) is 4. The molecule has 0 radical (unpaired) electrons. The minimum atomic E-state index is -0.0876. The van der Waals surface area contributed by atoms with Crippen LogP contribution in [0.1, 0.15) is 179 Å². The van der Waals surface area contributed by atoms with Crippen molar-refractivity contribution in [3.63, 3.8) is 0 Å². The van der Waals surface area contributed by atoms with Gasteiger partial charge in [0, 0.05) is 98.5 Å². The number of aryl methyl sites for hydroxylation is 6. The fourth-order valence-corrected chi connectivity index (χ4v) is 22.7. The highest BCUT2D eigenvalue weighted by Gasteiger charge is 2.33. The van der Waals surface area contributed by atoms with Gasteiger partial charge in [0.15, 0.2) is 22.3 Å². The molecule has 0 unspecified atom stereocenters. The van der Waals surface area contributed by atoms with Gasteiger partial charge in [0.2, 0.25) is 0 Å². The third-order valence-corrected chi connectivity index (χ3v) is 29.5. The SMILES string of the molecule is CCCCc1cccc2c1oc1c(N(c3ccc(CCC)cc3)c3ccc4ccc5c(N(c6ccc(CCC)cc6)c6cccc7c6oc6c(CCCC)cccc67)ccc6ccc3c4c65)cccc12.CCCc1ccc(N(c2ccc3ccc4c(N(c5ccc(CCC)cc5)c5cccc6c5oc5c(C(C)(C)C)cccc56)ccc5ccc2c3c54)c2cccc3c2oc2c(C(C)(C)C)cccc23)cc1. The normalized spacial score (nSPS) is 12.3. The molecule has 0 bridgehead atoms. The zero-order valence-corrected chi connectivity index (χ0v) is 82.7. The summed E-state index contributed by atoms with van der Waals surface area (Å²) in [5.74, 6) is 0. The maximum Gasteiger partial charge on any atom is 0.159 e. The number of fused-ring (bicyclic) bond motifs is 12. The van der Waals surface area contributed by atoms with E-state index in [4.69, 9.17) is 17.7 Å². The second kappa shape index (κ2) is 36.3. The number of anilines is 12. The summed E-state index contributed by atoms with van der Waals surface area (Å²) in [5.41, 5.74) is 30.5. The van der Waals surface area contributed by atoms with E-state index in [0.29, 0.717) is 0 Å². The highest BCUT2D eigenvalue weighted by atomic mass is 16.3. The van der Waals surface area contributed by atoms with Crippen molar-refractivity contribution in [3.05, 3.63) is 384 Å². The Morgan fingerprint density at radius 3 is 0.650 bits per heavy atom. The van der Waals surface area contributed by atoms with Crippen LogP contribution in [-0.4, -0.2) is 0 Å². The van der Waals surface area contributed by atoms with Gasteiger partial charge in [-0.1, -0.05) is 364 Å². The molecule has 24 aromatic rings. The van der Waals surface area contributed by atoms with Crippen LogP contribution in [0.2, 0.25) is 0 Å². The molecule has 20 aromatic carbocycles. The molecule has 140 heavy (non-hydrogen) atoms. The summed E-state index contributed by atoms with van der Waals surface area (Å²) >= 11 is 0. The molecule has 692 valence electrons. The Morgan fingerprint density at radius 1 is 0.186 bits per heavy atom. The Hall–Kier alpha value is -15.1. The summed E-state index contributed by atoms with van der Waals surface area (Å²) in [4.78, 5) is 9.75. The summed E-state index contributed by atoms with van der Waals surface area (Å²) in [6.45, 7) is 27.1. The average Bonchev–Trinajstić information content (AvgIpc) is 0.736. The Balaban J connectivity index is 0.000000156. The van der Waals surface area contributed by atoms with Gasteiger partial charge in [-0.15, -0.1) is 0 Å². The van der Waals surface area contributed by atoms with E-state index in [2.05, 4.69) is 442 Å². The molecule has 0 spiro atoms. The first kappa shape index (κ1) is 88.8. The summed E-state index contributed by atoms with van der Waals surface area (Å²) < 4.78 is 28.4. The van der Waals surface area contributed by atoms with Gasteiger partial charge in [-0.3, -0.25) is 0 Å². The van der Waals surface area contributed by atoms with Crippen LogP contribution in [0.3, 0.4) is 0 Å². The van der Waals surface area contributed by atoms with Gasteiger partial charge < -0.3 is 37.3 Å². The van der Waals surface area contributed by atoms with Crippen LogP contribution in [-0.2, 0) is 49.4 Å². The van der Waals surface area contributed by atoms with Crippen LogP contribution in [0.4, 0.5) is 68.2 Å². The van der Waals surface area contributed by atoms with E-state index in [-0.39, 0.29) is 10.8 Å². The lowest BCUT2D eigenvalue weighted by Crippen LogP contribution is -2.12. The number of hydrogen-bond donors (Lipinski definition) is 0. The van der Waals surface area contributed by atoms with Gasteiger partial charge in [-0.05, 0) is 236 Å². The molecule has 0 fully saturated rings. The van der Waals surface area contributed by atoms with Gasteiger partial charge in [-0.2, -0.15) is 0 Å². The number of unbranched alkanes of at least 4 members (excludes halogenated alkanes) is 2. The first-order valence-corrected chi connectivity index (χ1v) is 51.2. The van der Waals surface area contributed by atoms with Crippen LogP contribution < -0.4 is 19.6 Å². The number of para-hydroxylation sites is 8. The first-order valence-electron chi connectivity index (χ1n) is 51.2. The van der Waals surface area contributed by atoms with Crippen molar-refractivity contribution in [1.29, 1.82) is 0 Å². The summed E-state index contributed by atoms with van der Waals surface area (Å²) in [6, 6.07) is 127. The van der Waals surface area contributed by atoms with Crippen LogP contribution >= 0.6 is 0 Å². The monoisotopic (exact) mass is 1820 g/mol. The highest BCUT2D eigenvalue weighted by Crippen LogP contribution is 2.56. The van der Waals surface area contributed by atoms with Crippen LogP contribution in [0, 0.1) is 0 Å². The molecular weight excluding hydrogens is 1710 g/mol. The number of hydrogen-bond acceptors (Lipinski definition) is 8. The van der Waals surface area contributed by atoms with Gasteiger partial charge >= 0.3 is 0 Å². The number of furan rings is 4. The molecule has 0 N–H and O–H groups in total. The predicted octanol–water partition coefficient (Wildman–Crippen LogP) is 39.7. The van der Waals surface area contributed by atoms with E-state index in [0.717, 1.165) is 235 Å². The molecule has 4 heterocycles. The Kier molecular flexibility index (Phi) is 23.1. The highest BCUT2D eigenvalue weighted by molar-refractivity contribution is 6.31. The Bertz CT molecular complexity index is 8280.